The molecule has 162 valence electrons. The number of rotatable bonds is 6. The summed E-state index contributed by atoms with van der Waals surface area (Å²) in [5, 5.41) is 3.85. The highest BCUT2D eigenvalue weighted by Crippen LogP contribution is 2.35. The zero-order chi connectivity index (χ0) is 22.6. The molecule has 0 aromatic heterocycles. The second-order valence-electron chi connectivity index (χ2n) is 6.14. The molecular formula is C20H15F3N2O5S. The molecule has 1 aliphatic heterocycles. The molecule has 0 unspecified atom stereocenters. The number of anilines is 1. The van der Waals surface area contributed by atoms with Crippen molar-refractivity contribution in [2.75, 3.05) is 19.0 Å². The molecular weight excluding hydrogens is 437 g/mol. The second-order valence-corrected chi connectivity index (χ2v) is 7.16. The number of para-hydroxylation sites is 1. The molecule has 0 radical (unpaired) electrons. The summed E-state index contributed by atoms with van der Waals surface area (Å²) in [6.07, 6.45) is -3.13. The molecule has 3 amide bonds. The molecule has 0 saturated carbocycles. The number of hydrogen-bond donors (Lipinski definition) is 2. The molecule has 0 spiro atoms. The van der Waals surface area contributed by atoms with Gasteiger partial charge in [-0.1, -0.05) is 18.2 Å². The van der Waals surface area contributed by atoms with Crippen LogP contribution in [-0.4, -0.2) is 30.8 Å². The Kier molecular flexibility index (Phi) is 6.54. The monoisotopic (exact) mass is 452 g/mol. The summed E-state index contributed by atoms with van der Waals surface area (Å²) in [6.45, 7) is -0.560. The van der Waals surface area contributed by atoms with E-state index in [1.54, 1.807) is 6.07 Å². The van der Waals surface area contributed by atoms with Crippen molar-refractivity contribution in [3.05, 3.63) is 58.5 Å². The number of nitrogens with one attached hydrogen (secondary N) is 2. The molecule has 31 heavy (non-hydrogen) atoms. The van der Waals surface area contributed by atoms with Gasteiger partial charge in [-0.25, -0.2) is 0 Å². The van der Waals surface area contributed by atoms with E-state index in [9.17, 15) is 27.6 Å². The third-order valence-electron chi connectivity index (χ3n) is 3.99. The number of halogens is 3. The highest BCUT2D eigenvalue weighted by molar-refractivity contribution is 8.18. The standard InChI is InChI=1S/C20H15F3N2O5S/c1-29-15-8-11(9-16-18(27)25-19(28)31-16)6-7-14(15)30-10-17(26)24-13-5-3-2-4-12(13)20(21,22)23/h2-9H,10H2,1H3,(H,24,26)(H,25,27,28)/b16-9-. The van der Waals surface area contributed by atoms with Gasteiger partial charge < -0.3 is 14.8 Å². The number of ether oxygens (including phenoxy) is 2. The van der Waals surface area contributed by atoms with E-state index in [0.29, 0.717) is 5.56 Å². The molecule has 11 heteroatoms. The Morgan fingerprint density at radius 3 is 2.55 bits per heavy atom. The fourth-order valence-electron chi connectivity index (χ4n) is 2.63. The second kappa shape index (κ2) is 9.13. The normalized spacial score (nSPS) is 15.0. The van der Waals surface area contributed by atoms with Crippen molar-refractivity contribution < 1.29 is 37.0 Å². The van der Waals surface area contributed by atoms with Crippen molar-refractivity contribution in [1.82, 2.24) is 5.32 Å². The van der Waals surface area contributed by atoms with Gasteiger partial charge in [0.1, 0.15) is 0 Å². The first kappa shape index (κ1) is 22.2. The number of amides is 3. The summed E-state index contributed by atoms with van der Waals surface area (Å²) in [5.41, 5.74) is -0.801. The van der Waals surface area contributed by atoms with Crippen LogP contribution in [-0.2, 0) is 15.8 Å². The molecule has 1 saturated heterocycles. The maximum absolute atomic E-state index is 13.0. The van der Waals surface area contributed by atoms with Crippen LogP contribution in [0.25, 0.3) is 6.08 Å². The van der Waals surface area contributed by atoms with Gasteiger partial charge in [-0.2, -0.15) is 13.2 Å². The first-order chi connectivity index (χ1) is 14.7. The maximum atomic E-state index is 13.0. The minimum atomic E-state index is -4.61. The summed E-state index contributed by atoms with van der Waals surface area (Å²) in [5.74, 6) is -0.899. The first-order valence-electron chi connectivity index (χ1n) is 8.69. The van der Waals surface area contributed by atoms with Crippen LogP contribution in [0.2, 0.25) is 0 Å². The first-order valence-corrected chi connectivity index (χ1v) is 9.51. The number of carbonyl (C=O) groups excluding carboxylic acids is 3. The van der Waals surface area contributed by atoms with E-state index >= 15 is 0 Å². The number of benzene rings is 2. The van der Waals surface area contributed by atoms with Crippen LogP contribution in [0, 0.1) is 0 Å². The lowest BCUT2D eigenvalue weighted by Gasteiger charge is -2.14. The van der Waals surface area contributed by atoms with Gasteiger partial charge in [0.2, 0.25) is 0 Å². The lowest BCUT2D eigenvalue weighted by atomic mass is 10.1. The third kappa shape index (κ3) is 5.57. The van der Waals surface area contributed by atoms with Gasteiger partial charge in [-0.15, -0.1) is 0 Å². The fraction of sp³-hybridized carbons (Fsp3) is 0.150. The van der Waals surface area contributed by atoms with Crippen molar-refractivity contribution in [2.45, 2.75) is 6.18 Å². The lowest BCUT2D eigenvalue weighted by molar-refractivity contribution is -0.137. The van der Waals surface area contributed by atoms with Gasteiger partial charge >= 0.3 is 6.18 Å². The highest BCUT2D eigenvalue weighted by Gasteiger charge is 2.33. The average molecular weight is 452 g/mol. The summed E-state index contributed by atoms with van der Waals surface area (Å²) in [4.78, 5) is 35.2. The summed E-state index contributed by atoms with van der Waals surface area (Å²) in [7, 11) is 1.36. The molecule has 0 bridgehead atoms. The van der Waals surface area contributed by atoms with Gasteiger partial charge in [0.25, 0.3) is 17.1 Å². The Morgan fingerprint density at radius 2 is 1.90 bits per heavy atom. The minimum Gasteiger partial charge on any atom is -0.493 e. The van der Waals surface area contributed by atoms with Crippen LogP contribution in [0.15, 0.2) is 47.4 Å². The Bertz CT molecular complexity index is 1070. The Hall–Kier alpha value is -3.47. The van der Waals surface area contributed by atoms with Crippen LogP contribution in [0.4, 0.5) is 23.7 Å². The van der Waals surface area contributed by atoms with E-state index in [2.05, 4.69) is 10.6 Å². The van der Waals surface area contributed by atoms with Crippen molar-refractivity contribution in [1.29, 1.82) is 0 Å². The fourth-order valence-corrected chi connectivity index (χ4v) is 3.32. The van der Waals surface area contributed by atoms with Crippen LogP contribution >= 0.6 is 11.8 Å². The zero-order valence-corrected chi connectivity index (χ0v) is 16.7. The van der Waals surface area contributed by atoms with E-state index in [4.69, 9.17) is 9.47 Å². The smallest absolute Gasteiger partial charge is 0.418 e. The van der Waals surface area contributed by atoms with Crippen LogP contribution in [0.3, 0.4) is 0 Å². The minimum absolute atomic E-state index is 0.170. The highest BCUT2D eigenvalue weighted by atomic mass is 32.2. The molecule has 1 fully saturated rings. The van der Waals surface area contributed by atoms with Gasteiger partial charge in [-0.05, 0) is 47.7 Å². The predicted octanol–water partition coefficient (Wildman–Crippen LogP) is 4.06. The molecule has 0 atom stereocenters. The number of thioether (sulfide) groups is 1. The van der Waals surface area contributed by atoms with E-state index < -0.39 is 35.4 Å². The number of alkyl halides is 3. The summed E-state index contributed by atoms with van der Waals surface area (Å²) >= 11 is 0.760. The van der Waals surface area contributed by atoms with Crippen LogP contribution in [0.1, 0.15) is 11.1 Å². The Morgan fingerprint density at radius 1 is 1.16 bits per heavy atom. The van der Waals surface area contributed by atoms with E-state index in [0.717, 1.165) is 23.9 Å². The SMILES string of the molecule is COc1cc(/C=C2\SC(=O)NC2=O)ccc1OCC(=O)Nc1ccccc1C(F)(F)F. The molecule has 2 N–H and O–H groups in total. The van der Waals surface area contributed by atoms with Gasteiger partial charge in [0, 0.05) is 0 Å². The molecule has 0 aliphatic carbocycles. The number of carbonyl (C=O) groups is 3. The van der Waals surface area contributed by atoms with Gasteiger partial charge in [0.15, 0.2) is 18.1 Å². The van der Waals surface area contributed by atoms with Crippen molar-refractivity contribution in [3.8, 4) is 11.5 Å². The largest absolute Gasteiger partial charge is 0.493 e. The van der Waals surface area contributed by atoms with Crippen molar-refractivity contribution >= 4 is 40.6 Å². The van der Waals surface area contributed by atoms with E-state index in [1.165, 1.54) is 37.5 Å². The molecule has 2 aromatic carbocycles. The third-order valence-corrected chi connectivity index (χ3v) is 4.80. The van der Waals surface area contributed by atoms with Crippen LogP contribution in [0.5, 0.6) is 11.5 Å². The topological polar surface area (TPSA) is 93.7 Å². The molecule has 1 heterocycles. The van der Waals surface area contributed by atoms with E-state index in [1.807, 2.05) is 0 Å². The predicted molar refractivity (Wildman–Crippen MR) is 108 cm³/mol. The number of methoxy groups -OCH3 is 1. The van der Waals surface area contributed by atoms with Crippen molar-refractivity contribution in [3.63, 3.8) is 0 Å². The number of imide groups is 1. The molecule has 1 aliphatic rings. The van der Waals surface area contributed by atoms with Crippen LogP contribution < -0.4 is 20.1 Å². The Labute approximate surface area is 178 Å². The van der Waals surface area contributed by atoms with Crippen molar-refractivity contribution in [2.24, 2.45) is 0 Å². The quantitative estimate of drug-likeness (QED) is 0.643. The molecule has 7 nitrogen and oxygen atoms in total. The number of hydrogen-bond acceptors (Lipinski definition) is 6. The zero-order valence-electron chi connectivity index (χ0n) is 15.9. The summed E-state index contributed by atoms with van der Waals surface area (Å²) in [6, 6.07) is 9.17. The molecule has 3 rings (SSSR count). The lowest BCUT2D eigenvalue weighted by Crippen LogP contribution is -2.22. The van der Waals surface area contributed by atoms with Gasteiger partial charge in [-0.3, -0.25) is 19.7 Å². The molecule has 2 aromatic rings. The average Bonchev–Trinajstić information content (AvgIpc) is 3.03. The van der Waals surface area contributed by atoms with Gasteiger partial charge in [0.05, 0.1) is 23.3 Å². The van der Waals surface area contributed by atoms with E-state index in [-0.39, 0.29) is 22.1 Å². The summed E-state index contributed by atoms with van der Waals surface area (Å²) < 4.78 is 49.7. The Balaban J connectivity index is 1.68. The maximum Gasteiger partial charge on any atom is 0.418 e.